The number of methoxy groups -OCH3 is 1. The summed E-state index contributed by atoms with van der Waals surface area (Å²) in [6.07, 6.45) is 3.56. The van der Waals surface area contributed by atoms with Crippen LogP contribution in [0.25, 0.3) is 15.7 Å². The Balaban J connectivity index is 1.35. The van der Waals surface area contributed by atoms with Crippen molar-refractivity contribution in [3.63, 3.8) is 0 Å². The van der Waals surface area contributed by atoms with Crippen LogP contribution in [0, 0.1) is 0 Å². The average Bonchev–Trinajstić information content (AvgIpc) is 3.49. The lowest BCUT2D eigenvalue weighted by molar-refractivity contribution is 0.186. The van der Waals surface area contributed by atoms with Crippen molar-refractivity contribution in [1.29, 1.82) is 0 Å². The zero-order chi connectivity index (χ0) is 25.5. The molecule has 0 unspecified atom stereocenters. The lowest BCUT2D eigenvalue weighted by Gasteiger charge is -2.34. The molecular weight excluding hydrogens is 504 g/mol. The number of nitrogens with zero attached hydrogens (tertiary/aromatic N) is 4. The summed E-state index contributed by atoms with van der Waals surface area (Å²) in [7, 11) is 1.68. The number of hydrogen-bond donors (Lipinski definition) is 1. The maximum atomic E-state index is 11.4. The van der Waals surface area contributed by atoms with E-state index < -0.39 is 0 Å². The van der Waals surface area contributed by atoms with Gasteiger partial charge in [0.15, 0.2) is 5.82 Å². The predicted molar refractivity (Wildman–Crippen MR) is 149 cm³/mol. The zero-order valence-electron chi connectivity index (χ0n) is 20.9. The van der Waals surface area contributed by atoms with E-state index in [-0.39, 0.29) is 17.8 Å². The Morgan fingerprint density at radius 1 is 0.946 bits per heavy atom. The van der Waals surface area contributed by atoms with Crippen LogP contribution in [0.1, 0.15) is 60.0 Å². The maximum absolute atomic E-state index is 11.4. The van der Waals surface area contributed by atoms with Gasteiger partial charge >= 0.3 is 0 Å². The van der Waals surface area contributed by atoms with Gasteiger partial charge in [0.2, 0.25) is 10.8 Å². The third kappa shape index (κ3) is 4.56. The molecule has 0 radical (unpaired) electrons. The van der Waals surface area contributed by atoms with Crippen LogP contribution in [-0.2, 0) is 0 Å². The molecule has 6 nitrogen and oxygen atoms in total. The minimum Gasteiger partial charge on any atom is -0.497 e. The van der Waals surface area contributed by atoms with Crippen molar-refractivity contribution in [3.8, 4) is 11.6 Å². The van der Waals surface area contributed by atoms with Gasteiger partial charge < -0.3 is 9.84 Å². The van der Waals surface area contributed by atoms with Crippen LogP contribution in [0.3, 0.4) is 0 Å². The number of aromatic nitrogens is 3. The van der Waals surface area contributed by atoms with Crippen LogP contribution in [0.2, 0.25) is 5.02 Å². The molecule has 2 aromatic heterocycles. The summed E-state index contributed by atoms with van der Waals surface area (Å²) < 4.78 is 6.95. The predicted octanol–water partition coefficient (Wildman–Crippen LogP) is 7.04. The number of halogens is 1. The summed E-state index contributed by atoms with van der Waals surface area (Å²) in [5.74, 6) is 1.69. The molecular formula is C29H29ClN4O2S. The summed E-state index contributed by atoms with van der Waals surface area (Å²) >= 11 is 7.69. The number of thiazole rings is 1. The molecule has 0 amide bonds. The molecule has 0 aliphatic carbocycles. The molecule has 1 fully saturated rings. The van der Waals surface area contributed by atoms with Crippen molar-refractivity contribution >= 4 is 38.7 Å². The second-order valence-corrected chi connectivity index (χ2v) is 11.1. The van der Waals surface area contributed by atoms with Gasteiger partial charge in [-0.25, -0.2) is 4.98 Å². The van der Waals surface area contributed by atoms with E-state index in [0.717, 1.165) is 58.5 Å². The van der Waals surface area contributed by atoms with Crippen molar-refractivity contribution in [2.75, 3.05) is 20.2 Å². The van der Waals surface area contributed by atoms with Gasteiger partial charge in [-0.05, 0) is 72.1 Å². The van der Waals surface area contributed by atoms with Crippen LogP contribution in [0.15, 0.2) is 60.7 Å². The van der Waals surface area contributed by atoms with E-state index in [1.165, 1.54) is 17.8 Å². The number of ether oxygens (including phenoxy) is 1. The first-order valence-corrected chi connectivity index (χ1v) is 13.9. The third-order valence-corrected chi connectivity index (χ3v) is 8.69. The van der Waals surface area contributed by atoms with Gasteiger partial charge in [0.25, 0.3) is 0 Å². The molecule has 1 aliphatic heterocycles. The highest BCUT2D eigenvalue weighted by atomic mass is 35.5. The number of fused-ring (bicyclic) bond motifs is 2. The smallest absolute Gasteiger partial charge is 0.230 e. The number of aromatic hydroxyl groups is 1. The van der Waals surface area contributed by atoms with Crippen LogP contribution in [0.5, 0.6) is 11.6 Å². The fourth-order valence-electron chi connectivity index (χ4n) is 5.26. The number of piperidine rings is 1. The van der Waals surface area contributed by atoms with E-state index >= 15 is 0 Å². The Kier molecular flexibility index (Phi) is 6.53. The lowest BCUT2D eigenvalue weighted by Crippen LogP contribution is -2.34. The standard InChI is InChI=1S/C29H29ClN4O2S/c1-18(20-6-7-22-17-24(36-2)13-10-21(22)16-20)27-31-29-34(32-27)28(35)26(37-29)25(33-14-4-3-5-15-33)19-8-11-23(30)12-9-19/h6-13,16-18,25,35H,3-5,14-15H2,1-2H3/t18-,25-/m0/s1. The highest BCUT2D eigenvalue weighted by molar-refractivity contribution is 7.17. The molecule has 2 atom stereocenters. The van der Waals surface area contributed by atoms with Crippen molar-refractivity contribution < 1.29 is 9.84 Å². The van der Waals surface area contributed by atoms with Crippen molar-refractivity contribution in [1.82, 2.24) is 19.5 Å². The van der Waals surface area contributed by atoms with Crippen LogP contribution >= 0.6 is 22.9 Å². The number of hydrogen-bond acceptors (Lipinski definition) is 6. The Morgan fingerprint density at radius 2 is 1.65 bits per heavy atom. The van der Waals surface area contributed by atoms with Crippen molar-refractivity contribution in [2.45, 2.75) is 38.1 Å². The Morgan fingerprint density at radius 3 is 2.38 bits per heavy atom. The number of rotatable bonds is 6. The topological polar surface area (TPSA) is 62.9 Å². The van der Waals surface area contributed by atoms with E-state index in [2.05, 4.69) is 48.2 Å². The Labute approximate surface area is 225 Å². The second kappa shape index (κ2) is 9.97. The molecule has 0 bridgehead atoms. The van der Waals surface area contributed by atoms with E-state index in [1.54, 1.807) is 11.6 Å². The van der Waals surface area contributed by atoms with Gasteiger partial charge in [-0.1, -0.05) is 72.7 Å². The van der Waals surface area contributed by atoms with Gasteiger partial charge in [-0.15, -0.1) is 5.10 Å². The maximum Gasteiger partial charge on any atom is 0.230 e. The van der Waals surface area contributed by atoms with Gasteiger partial charge in [0.05, 0.1) is 18.0 Å². The number of benzene rings is 3. The Bertz CT molecular complexity index is 1560. The first-order valence-electron chi connectivity index (χ1n) is 12.7. The average molecular weight is 533 g/mol. The fraction of sp³-hybridized carbons (Fsp3) is 0.310. The molecule has 1 saturated heterocycles. The van der Waals surface area contributed by atoms with Gasteiger partial charge in [-0.3, -0.25) is 4.90 Å². The molecule has 5 aromatic rings. The highest BCUT2D eigenvalue weighted by Crippen LogP contribution is 2.41. The van der Waals surface area contributed by atoms with Crippen molar-refractivity contribution in [3.05, 3.63) is 87.5 Å². The molecule has 8 heteroatoms. The summed E-state index contributed by atoms with van der Waals surface area (Å²) in [5.41, 5.74) is 2.25. The molecule has 0 saturated carbocycles. The minimum atomic E-state index is -0.0515. The summed E-state index contributed by atoms with van der Waals surface area (Å²) in [6.45, 7) is 4.10. The minimum absolute atomic E-state index is 0.0180. The van der Waals surface area contributed by atoms with Gasteiger partial charge in [-0.2, -0.15) is 4.52 Å². The normalized spacial score (nSPS) is 16.3. The molecule has 3 aromatic carbocycles. The molecule has 1 N–H and O–H groups in total. The highest BCUT2D eigenvalue weighted by Gasteiger charge is 2.31. The van der Waals surface area contributed by atoms with E-state index in [0.29, 0.717) is 15.8 Å². The second-order valence-electron chi connectivity index (χ2n) is 9.70. The summed E-state index contributed by atoms with van der Waals surface area (Å²) in [5, 5.41) is 19.1. The van der Waals surface area contributed by atoms with Gasteiger partial charge in [0.1, 0.15) is 5.75 Å². The molecule has 6 rings (SSSR count). The largest absolute Gasteiger partial charge is 0.497 e. The van der Waals surface area contributed by atoms with E-state index in [9.17, 15) is 5.11 Å². The molecule has 190 valence electrons. The Hall–Kier alpha value is -3.13. The molecule has 1 aliphatic rings. The van der Waals surface area contributed by atoms with E-state index in [4.69, 9.17) is 26.4 Å². The fourth-order valence-corrected chi connectivity index (χ4v) is 6.51. The molecule has 37 heavy (non-hydrogen) atoms. The van der Waals surface area contributed by atoms with E-state index in [1.807, 2.05) is 24.3 Å². The van der Waals surface area contributed by atoms with Crippen LogP contribution in [-0.4, -0.2) is 44.8 Å². The summed E-state index contributed by atoms with van der Waals surface area (Å²) in [6, 6.07) is 20.4. The molecule has 0 spiro atoms. The van der Waals surface area contributed by atoms with Gasteiger partial charge in [0, 0.05) is 10.9 Å². The third-order valence-electron chi connectivity index (χ3n) is 7.36. The lowest BCUT2D eigenvalue weighted by atomic mass is 9.97. The first kappa shape index (κ1) is 24.2. The van der Waals surface area contributed by atoms with Crippen molar-refractivity contribution in [2.24, 2.45) is 0 Å². The monoisotopic (exact) mass is 532 g/mol. The first-order chi connectivity index (χ1) is 18.0. The summed E-state index contributed by atoms with van der Waals surface area (Å²) in [4.78, 5) is 8.89. The zero-order valence-corrected chi connectivity index (χ0v) is 22.5. The SMILES string of the molecule is COc1ccc2cc([C@H](C)c3nc4sc([C@H](c5ccc(Cl)cc5)N5CCCCC5)c(O)n4n3)ccc2c1. The molecule has 3 heterocycles. The quantitative estimate of drug-likeness (QED) is 0.254. The van der Waals surface area contributed by atoms with Crippen LogP contribution < -0.4 is 4.74 Å². The number of likely N-dealkylation sites (tertiary alicyclic amines) is 1. The van der Waals surface area contributed by atoms with Crippen LogP contribution in [0.4, 0.5) is 0 Å².